The van der Waals surface area contributed by atoms with Crippen molar-refractivity contribution in [2.45, 2.75) is 52.4 Å². The second-order valence-electron chi connectivity index (χ2n) is 7.07. The molecule has 0 N–H and O–H groups in total. The van der Waals surface area contributed by atoms with Crippen molar-refractivity contribution in [3.8, 4) is 0 Å². The lowest BCUT2D eigenvalue weighted by atomic mass is 10.0. The van der Waals surface area contributed by atoms with Crippen LogP contribution in [0.1, 0.15) is 52.4 Å². The molecule has 0 radical (unpaired) electrons. The van der Waals surface area contributed by atoms with Gasteiger partial charge in [0.1, 0.15) is 0 Å². The molecule has 1 aromatic carbocycles. The molecule has 0 aliphatic carbocycles. The lowest BCUT2D eigenvalue weighted by Crippen LogP contribution is -2.20. The fourth-order valence-corrected chi connectivity index (χ4v) is 6.99. The van der Waals surface area contributed by atoms with Crippen LogP contribution in [0.5, 0.6) is 0 Å². The predicted octanol–water partition coefficient (Wildman–Crippen LogP) is 5.37. The number of hydrogen-bond donors (Lipinski definition) is 0. The fraction of sp³-hybridized carbons (Fsp3) is 0.700. The zero-order valence-corrected chi connectivity index (χ0v) is 17.0. The van der Waals surface area contributed by atoms with Crippen LogP contribution < -0.4 is 5.30 Å². The van der Waals surface area contributed by atoms with Crippen LogP contribution in [0, 0.1) is 11.8 Å². The highest BCUT2D eigenvalue weighted by Gasteiger charge is 2.32. The Morgan fingerprint density at radius 3 is 2.46 bits per heavy atom. The number of hydrogen-bond acceptors (Lipinski definition) is 3. The van der Waals surface area contributed by atoms with Crippen molar-refractivity contribution >= 4 is 23.4 Å². The van der Waals surface area contributed by atoms with Crippen LogP contribution in [0.15, 0.2) is 30.3 Å². The third kappa shape index (κ3) is 6.26. The van der Waals surface area contributed by atoms with Gasteiger partial charge in [0, 0.05) is 18.1 Å². The molecule has 1 aromatic rings. The lowest BCUT2D eigenvalue weighted by Gasteiger charge is -2.27. The fourth-order valence-electron chi connectivity index (χ4n) is 3.23. The smallest absolute Gasteiger partial charge is 0.0951 e. The molecule has 2 nitrogen and oxygen atoms in total. The number of unbranched alkanes of at least 4 members (excludes halogenated alkanes) is 5. The van der Waals surface area contributed by atoms with Crippen molar-refractivity contribution in [1.82, 2.24) is 0 Å². The highest BCUT2D eigenvalue weighted by Crippen LogP contribution is 2.49. The molecule has 0 bridgehead atoms. The van der Waals surface area contributed by atoms with Crippen molar-refractivity contribution in [3.63, 3.8) is 0 Å². The average Bonchev–Trinajstić information content (AvgIpc) is 2.99. The van der Waals surface area contributed by atoms with E-state index in [-0.39, 0.29) is 0 Å². The highest BCUT2D eigenvalue weighted by molar-refractivity contribution is 8.15. The van der Waals surface area contributed by atoms with Gasteiger partial charge in [-0.05, 0) is 18.3 Å². The maximum Gasteiger partial charge on any atom is 0.0951 e. The summed E-state index contributed by atoms with van der Waals surface area (Å²) >= 11 is 6.11. The van der Waals surface area contributed by atoms with Crippen LogP contribution >= 0.6 is 6.26 Å². The third-order valence-corrected chi connectivity index (χ3v) is 8.97. The van der Waals surface area contributed by atoms with E-state index in [0.717, 1.165) is 32.4 Å². The van der Waals surface area contributed by atoms with E-state index >= 15 is 0 Å². The van der Waals surface area contributed by atoms with Gasteiger partial charge in [0.05, 0.1) is 19.5 Å². The number of rotatable bonds is 11. The van der Waals surface area contributed by atoms with E-state index in [9.17, 15) is 0 Å². The van der Waals surface area contributed by atoms with Gasteiger partial charge in [-0.25, -0.2) is 0 Å². The van der Waals surface area contributed by atoms with E-state index < -0.39 is 6.26 Å². The minimum Gasteiger partial charge on any atom is -0.381 e. The van der Waals surface area contributed by atoms with Gasteiger partial charge in [-0.15, -0.1) is 0 Å². The minimum atomic E-state index is -1.97. The van der Waals surface area contributed by atoms with Gasteiger partial charge in [-0.1, -0.05) is 88.1 Å². The van der Waals surface area contributed by atoms with Crippen LogP contribution in [-0.2, 0) is 21.1 Å². The first-order chi connectivity index (χ1) is 11.7. The molecule has 0 unspecified atom stereocenters. The predicted molar refractivity (Wildman–Crippen MR) is 108 cm³/mol. The summed E-state index contributed by atoms with van der Waals surface area (Å²) < 4.78 is 12.1. The monoisotopic (exact) mass is 368 g/mol. The molecule has 1 heterocycles. The molecule has 4 heteroatoms. The zero-order valence-electron chi connectivity index (χ0n) is 15.3. The molecule has 0 amide bonds. The van der Waals surface area contributed by atoms with Crippen molar-refractivity contribution in [2.75, 3.05) is 26.0 Å². The van der Waals surface area contributed by atoms with E-state index in [0.29, 0.717) is 11.8 Å². The normalized spacial score (nSPS) is 23.2. The Kier molecular flexibility index (Phi) is 8.97. The van der Waals surface area contributed by atoms with E-state index in [1.165, 1.54) is 37.4 Å². The standard InChI is InChI=1S/C20H33O2PS/c1-3-4-5-6-7-11-14-22-23(24,20-12-9-8-10-13-20)17-19-16-21-15-18(19)2/h8-10,12-13,18-19H,3-7,11,14-17H2,1-2H3/t18-,19-,23-/m1/s1. The molecule has 2 rings (SSSR count). The molecule has 24 heavy (non-hydrogen) atoms. The van der Waals surface area contributed by atoms with Gasteiger partial charge >= 0.3 is 0 Å². The molecular formula is C20H33O2PS. The lowest BCUT2D eigenvalue weighted by molar-refractivity contribution is 0.183. The minimum absolute atomic E-state index is 0.542. The molecular weight excluding hydrogens is 335 g/mol. The molecule has 136 valence electrons. The van der Waals surface area contributed by atoms with E-state index in [1.54, 1.807) is 0 Å². The van der Waals surface area contributed by atoms with E-state index in [2.05, 4.69) is 44.2 Å². The summed E-state index contributed by atoms with van der Waals surface area (Å²) in [6.07, 6.45) is 6.71. The Bertz CT molecular complexity index is 506. The van der Waals surface area contributed by atoms with Crippen LogP contribution in [0.25, 0.3) is 0 Å². The molecule has 1 fully saturated rings. The van der Waals surface area contributed by atoms with Crippen LogP contribution in [0.4, 0.5) is 0 Å². The summed E-state index contributed by atoms with van der Waals surface area (Å²) in [5.41, 5.74) is 0. The maximum atomic E-state index is 6.40. The summed E-state index contributed by atoms with van der Waals surface area (Å²) in [6, 6.07) is 10.5. The molecule has 1 aliphatic heterocycles. The Morgan fingerprint density at radius 2 is 1.79 bits per heavy atom. The van der Waals surface area contributed by atoms with Gasteiger partial charge in [0.2, 0.25) is 0 Å². The van der Waals surface area contributed by atoms with Gasteiger partial charge in [-0.3, -0.25) is 0 Å². The van der Waals surface area contributed by atoms with Crippen molar-refractivity contribution in [3.05, 3.63) is 30.3 Å². The van der Waals surface area contributed by atoms with Gasteiger partial charge in [0.15, 0.2) is 0 Å². The van der Waals surface area contributed by atoms with Crippen molar-refractivity contribution in [1.29, 1.82) is 0 Å². The van der Waals surface area contributed by atoms with E-state index in [4.69, 9.17) is 21.1 Å². The Hall–Kier alpha value is -0.210. The second kappa shape index (κ2) is 10.7. The highest BCUT2D eigenvalue weighted by atomic mass is 32.4. The summed E-state index contributed by atoms with van der Waals surface area (Å²) in [7, 11) is 0. The molecule has 0 spiro atoms. The largest absolute Gasteiger partial charge is 0.381 e. The summed E-state index contributed by atoms with van der Waals surface area (Å²) in [5.74, 6) is 1.13. The zero-order chi connectivity index (χ0) is 17.3. The first-order valence-electron chi connectivity index (χ1n) is 9.52. The third-order valence-electron chi connectivity index (χ3n) is 4.94. The van der Waals surface area contributed by atoms with Gasteiger partial charge < -0.3 is 9.26 Å². The summed E-state index contributed by atoms with van der Waals surface area (Å²) in [5, 5.41) is 1.23. The van der Waals surface area contributed by atoms with Crippen LogP contribution in [-0.4, -0.2) is 26.0 Å². The van der Waals surface area contributed by atoms with Crippen LogP contribution in [0.2, 0.25) is 0 Å². The summed E-state index contributed by atoms with van der Waals surface area (Å²) in [4.78, 5) is 0. The first kappa shape index (κ1) is 20.1. The van der Waals surface area contributed by atoms with Crippen LogP contribution in [0.3, 0.4) is 0 Å². The molecule has 0 saturated carbocycles. The second-order valence-corrected chi connectivity index (χ2v) is 11.3. The SMILES string of the molecule is CCCCCCCCO[P@@](=S)(C[C@H]1COC[C@H]1C)c1ccccc1. The maximum absolute atomic E-state index is 6.40. The molecule has 0 aromatic heterocycles. The molecule has 1 aliphatic rings. The molecule has 1 saturated heterocycles. The average molecular weight is 369 g/mol. The van der Waals surface area contributed by atoms with E-state index in [1.807, 2.05) is 0 Å². The Morgan fingerprint density at radius 1 is 1.08 bits per heavy atom. The van der Waals surface area contributed by atoms with Crippen molar-refractivity contribution < 1.29 is 9.26 Å². The quantitative estimate of drug-likeness (QED) is 0.387. The Labute approximate surface area is 153 Å². The first-order valence-corrected chi connectivity index (χ1v) is 12.4. The Balaban J connectivity index is 1.90. The van der Waals surface area contributed by atoms with Gasteiger partial charge in [-0.2, -0.15) is 0 Å². The number of benzene rings is 1. The molecule has 3 atom stereocenters. The van der Waals surface area contributed by atoms with Crippen molar-refractivity contribution in [2.24, 2.45) is 11.8 Å². The topological polar surface area (TPSA) is 18.5 Å². The number of ether oxygens (including phenoxy) is 1. The summed E-state index contributed by atoms with van der Waals surface area (Å²) in [6.45, 7) is 7.04. The van der Waals surface area contributed by atoms with Gasteiger partial charge in [0.25, 0.3) is 0 Å².